The van der Waals surface area contributed by atoms with Gasteiger partial charge in [0.25, 0.3) is 0 Å². The molecule has 0 amide bonds. The Morgan fingerprint density at radius 1 is 1.14 bits per heavy atom. The Morgan fingerprint density at radius 3 is 2.71 bits per heavy atom. The summed E-state index contributed by atoms with van der Waals surface area (Å²) in [5, 5.41) is 0. The number of benzene rings is 1. The molecule has 5 nitrogen and oxygen atoms in total. The van der Waals surface area contributed by atoms with Crippen molar-refractivity contribution in [1.82, 2.24) is 14.5 Å². The molecule has 3 heterocycles. The lowest BCUT2D eigenvalue weighted by atomic mass is 10.1. The Hall–Kier alpha value is -2.69. The quantitative estimate of drug-likeness (QED) is 0.684. The standard InChI is InChI=1S/C16H13N3O2/c1-10-2-4-11(5-3-10)19-15-13(17-7-8-18-15)14(20)12-6-9-21-16(12)19/h2-5,7-8H,6,9H2,1H3. The average molecular weight is 279 g/mol. The molecule has 104 valence electrons. The van der Waals surface area contributed by atoms with E-state index in [2.05, 4.69) is 9.97 Å². The highest BCUT2D eigenvalue weighted by Crippen LogP contribution is 2.29. The van der Waals surface area contributed by atoms with Crippen LogP contribution >= 0.6 is 0 Å². The molecule has 1 aliphatic heterocycles. The Bertz CT molecular complexity index is 898. The largest absolute Gasteiger partial charge is 0.478 e. The second-order valence-corrected chi connectivity index (χ2v) is 5.11. The van der Waals surface area contributed by atoms with Crippen LogP contribution in [0.5, 0.6) is 5.88 Å². The maximum absolute atomic E-state index is 12.5. The summed E-state index contributed by atoms with van der Waals surface area (Å²) in [5.74, 6) is 0.594. The normalized spacial score (nSPS) is 13.2. The van der Waals surface area contributed by atoms with Crippen LogP contribution in [0.15, 0.2) is 41.5 Å². The van der Waals surface area contributed by atoms with Crippen molar-refractivity contribution in [3.05, 3.63) is 58.0 Å². The maximum atomic E-state index is 12.5. The molecule has 21 heavy (non-hydrogen) atoms. The van der Waals surface area contributed by atoms with E-state index in [0.717, 1.165) is 5.69 Å². The molecule has 0 radical (unpaired) electrons. The number of nitrogens with zero attached hydrogens (tertiary/aromatic N) is 3. The van der Waals surface area contributed by atoms with Crippen LogP contribution in [-0.4, -0.2) is 21.1 Å². The van der Waals surface area contributed by atoms with E-state index >= 15 is 0 Å². The van der Waals surface area contributed by atoms with Gasteiger partial charge in [0.15, 0.2) is 11.2 Å². The Kier molecular flexibility index (Phi) is 2.54. The summed E-state index contributed by atoms with van der Waals surface area (Å²) in [4.78, 5) is 21.0. The van der Waals surface area contributed by atoms with Gasteiger partial charge in [-0.25, -0.2) is 9.97 Å². The molecule has 1 aliphatic rings. The fourth-order valence-corrected chi connectivity index (χ4v) is 2.68. The van der Waals surface area contributed by atoms with E-state index in [1.807, 2.05) is 35.8 Å². The molecular formula is C16H13N3O2. The van der Waals surface area contributed by atoms with E-state index in [0.29, 0.717) is 35.6 Å². The minimum Gasteiger partial charge on any atom is -0.478 e. The molecule has 0 fully saturated rings. The van der Waals surface area contributed by atoms with Gasteiger partial charge >= 0.3 is 0 Å². The van der Waals surface area contributed by atoms with Gasteiger partial charge in [0, 0.05) is 18.8 Å². The highest BCUT2D eigenvalue weighted by Gasteiger charge is 2.24. The lowest BCUT2D eigenvalue weighted by Crippen LogP contribution is -2.15. The van der Waals surface area contributed by atoms with Crippen LogP contribution in [0.3, 0.4) is 0 Å². The van der Waals surface area contributed by atoms with Crippen LogP contribution in [0.25, 0.3) is 16.9 Å². The fourth-order valence-electron chi connectivity index (χ4n) is 2.68. The molecule has 4 rings (SSSR count). The second-order valence-electron chi connectivity index (χ2n) is 5.11. The van der Waals surface area contributed by atoms with Gasteiger partial charge in [-0.3, -0.25) is 9.36 Å². The lowest BCUT2D eigenvalue weighted by molar-refractivity contribution is 0.338. The molecule has 0 spiro atoms. The van der Waals surface area contributed by atoms with Gasteiger partial charge in [-0.05, 0) is 19.1 Å². The summed E-state index contributed by atoms with van der Waals surface area (Å²) in [5.41, 5.74) is 3.63. The van der Waals surface area contributed by atoms with E-state index in [9.17, 15) is 4.79 Å². The van der Waals surface area contributed by atoms with Crippen LogP contribution in [0.1, 0.15) is 11.1 Å². The third-order valence-corrected chi connectivity index (χ3v) is 3.72. The summed E-state index contributed by atoms with van der Waals surface area (Å²) >= 11 is 0. The molecule has 0 N–H and O–H groups in total. The van der Waals surface area contributed by atoms with Crippen molar-refractivity contribution in [3.63, 3.8) is 0 Å². The van der Waals surface area contributed by atoms with Crippen LogP contribution in [0, 0.1) is 6.92 Å². The maximum Gasteiger partial charge on any atom is 0.216 e. The second kappa shape index (κ2) is 4.41. The van der Waals surface area contributed by atoms with Gasteiger partial charge in [0.2, 0.25) is 11.3 Å². The molecule has 0 aliphatic carbocycles. The molecule has 0 saturated carbocycles. The third kappa shape index (κ3) is 1.74. The Balaban J connectivity index is 2.15. The topological polar surface area (TPSA) is 57.0 Å². The molecule has 0 atom stereocenters. The van der Waals surface area contributed by atoms with Gasteiger partial charge in [0.1, 0.15) is 0 Å². The summed E-state index contributed by atoms with van der Waals surface area (Å²) < 4.78 is 7.58. The van der Waals surface area contributed by atoms with Crippen LogP contribution in [-0.2, 0) is 6.42 Å². The van der Waals surface area contributed by atoms with Crippen molar-refractivity contribution in [2.24, 2.45) is 0 Å². The highest BCUT2D eigenvalue weighted by atomic mass is 16.5. The number of fused-ring (bicyclic) bond motifs is 2. The fraction of sp³-hybridized carbons (Fsp3) is 0.188. The van der Waals surface area contributed by atoms with Crippen molar-refractivity contribution >= 4 is 11.2 Å². The number of rotatable bonds is 1. The summed E-state index contributed by atoms with van der Waals surface area (Å²) in [7, 11) is 0. The van der Waals surface area contributed by atoms with Crippen molar-refractivity contribution in [2.75, 3.05) is 6.61 Å². The SMILES string of the molecule is Cc1ccc(-n2c3c(c(=O)c4nccnc42)CCO3)cc1. The van der Waals surface area contributed by atoms with E-state index in [1.165, 1.54) is 5.56 Å². The molecule has 1 aromatic carbocycles. The van der Waals surface area contributed by atoms with Crippen LogP contribution in [0.4, 0.5) is 0 Å². The minimum absolute atomic E-state index is 0.0750. The number of aryl methyl sites for hydroxylation is 1. The van der Waals surface area contributed by atoms with E-state index in [4.69, 9.17) is 4.74 Å². The molecular weight excluding hydrogens is 266 g/mol. The van der Waals surface area contributed by atoms with Crippen LogP contribution in [0.2, 0.25) is 0 Å². The Morgan fingerprint density at radius 2 is 1.90 bits per heavy atom. The zero-order valence-corrected chi connectivity index (χ0v) is 11.5. The van der Waals surface area contributed by atoms with Gasteiger partial charge in [-0.1, -0.05) is 17.7 Å². The number of pyridine rings is 1. The van der Waals surface area contributed by atoms with Crippen LogP contribution < -0.4 is 10.2 Å². The molecule has 0 bridgehead atoms. The monoisotopic (exact) mass is 279 g/mol. The van der Waals surface area contributed by atoms with E-state index in [-0.39, 0.29) is 5.43 Å². The average Bonchev–Trinajstić information content (AvgIpc) is 2.99. The molecule has 0 unspecified atom stereocenters. The predicted octanol–water partition coefficient (Wildman–Crippen LogP) is 2.02. The van der Waals surface area contributed by atoms with Crippen molar-refractivity contribution in [1.29, 1.82) is 0 Å². The van der Waals surface area contributed by atoms with E-state index < -0.39 is 0 Å². The smallest absolute Gasteiger partial charge is 0.216 e. The summed E-state index contributed by atoms with van der Waals surface area (Å²) in [6.07, 6.45) is 3.76. The van der Waals surface area contributed by atoms with Crippen molar-refractivity contribution in [3.8, 4) is 11.6 Å². The zero-order chi connectivity index (χ0) is 14.4. The lowest BCUT2D eigenvalue weighted by Gasteiger charge is -2.14. The van der Waals surface area contributed by atoms with Gasteiger partial charge in [-0.2, -0.15) is 0 Å². The van der Waals surface area contributed by atoms with Crippen molar-refractivity contribution in [2.45, 2.75) is 13.3 Å². The first-order chi connectivity index (χ1) is 10.3. The number of aromatic nitrogens is 3. The molecule has 3 aromatic rings. The van der Waals surface area contributed by atoms with Crippen molar-refractivity contribution < 1.29 is 4.74 Å². The first-order valence-corrected chi connectivity index (χ1v) is 6.84. The Labute approximate surface area is 120 Å². The number of ether oxygens (including phenoxy) is 1. The molecule has 5 heteroatoms. The third-order valence-electron chi connectivity index (χ3n) is 3.72. The first-order valence-electron chi connectivity index (χ1n) is 6.84. The van der Waals surface area contributed by atoms with E-state index in [1.54, 1.807) is 12.4 Å². The molecule has 2 aromatic heterocycles. The predicted molar refractivity (Wildman–Crippen MR) is 79.1 cm³/mol. The van der Waals surface area contributed by atoms with Gasteiger partial charge < -0.3 is 4.74 Å². The molecule has 0 saturated heterocycles. The van der Waals surface area contributed by atoms with Gasteiger partial charge in [0.05, 0.1) is 17.9 Å². The summed E-state index contributed by atoms with van der Waals surface area (Å²) in [6.45, 7) is 2.56. The number of hydrogen-bond acceptors (Lipinski definition) is 4. The highest BCUT2D eigenvalue weighted by molar-refractivity contribution is 5.75. The minimum atomic E-state index is -0.0750. The van der Waals surface area contributed by atoms with Gasteiger partial charge in [-0.15, -0.1) is 0 Å². The summed E-state index contributed by atoms with van der Waals surface area (Å²) in [6, 6.07) is 8.04. The first kappa shape index (κ1) is 12.1. The number of hydrogen-bond donors (Lipinski definition) is 0. The zero-order valence-electron chi connectivity index (χ0n) is 11.5.